The average Bonchev–Trinajstić information content (AvgIpc) is 3.61. The zero-order chi connectivity index (χ0) is 26.4. The second-order valence-electron chi connectivity index (χ2n) is 13.2. The molecule has 1 amide bonds. The molecule has 3 atom stereocenters. The van der Waals surface area contributed by atoms with Crippen molar-refractivity contribution in [2.24, 2.45) is 11.3 Å². The molecule has 3 fully saturated rings. The van der Waals surface area contributed by atoms with Gasteiger partial charge in [0.05, 0.1) is 18.2 Å². The molecule has 1 unspecified atom stereocenters. The fraction of sp³-hybridized carbons (Fsp3) is 0.645. The second-order valence-corrected chi connectivity index (χ2v) is 13.7. The molecule has 2 aromatic rings. The molecule has 1 aromatic heterocycles. The van der Waals surface area contributed by atoms with E-state index in [1.165, 1.54) is 31.2 Å². The molecule has 0 spiro atoms. The van der Waals surface area contributed by atoms with E-state index in [2.05, 4.69) is 67.5 Å². The van der Waals surface area contributed by atoms with Crippen LogP contribution in [0.4, 0.5) is 5.88 Å². The van der Waals surface area contributed by atoms with Gasteiger partial charge in [-0.25, -0.2) is 0 Å². The van der Waals surface area contributed by atoms with Gasteiger partial charge in [0.25, 0.3) is 0 Å². The quantitative estimate of drug-likeness (QED) is 0.415. The lowest BCUT2D eigenvalue weighted by Crippen LogP contribution is -2.48. The van der Waals surface area contributed by atoms with Crippen molar-refractivity contribution in [1.29, 1.82) is 0 Å². The Morgan fingerprint density at radius 3 is 2.32 bits per heavy atom. The summed E-state index contributed by atoms with van der Waals surface area (Å²) in [6, 6.07) is 13.1. The third kappa shape index (κ3) is 5.59. The molecular formula is C31H44ClN3O2. The molecule has 6 heteroatoms. The number of hydrogen-bond donors (Lipinski definition) is 0. The van der Waals surface area contributed by atoms with Crippen molar-refractivity contribution in [3.05, 3.63) is 53.2 Å². The standard InChI is InChI=1S/C31H44ClN3O2/c1-30(2,3)34-19-15-26(28(34)22-8-10-23(32)11-9-22)29(36)33-18-14-25(21-33)35(27-7-6-20-37-27)24-12-16-31(4,5)17-13-24/h6-11,20,24-26,28H,12-19,21H2,1-5H3/t25-,26-,28?/m0/s1. The smallest absolute Gasteiger partial charge is 0.227 e. The molecule has 3 aliphatic rings. The highest BCUT2D eigenvalue weighted by atomic mass is 35.5. The molecule has 1 aliphatic carbocycles. The number of carbonyl (C=O) groups excluding carboxylic acids is 1. The summed E-state index contributed by atoms with van der Waals surface area (Å²) >= 11 is 6.21. The molecule has 5 rings (SSSR count). The molecule has 2 saturated heterocycles. The minimum Gasteiger partial charge on any atom is -0.449 e. The number of rotatable bonds is 5. The Morgan fingerprint density at radius 2 is 1.70 bits per heavy atom. The number of likely N-dealkylation sites (tertiary alicyclic amines) is 2. The maximum absolute atomic E-state index is 14.1. The number of nitrogens with zero attached hydrogens (tertiary/aromatic N) is 3. The molecular weight excluding hydrogens is 482 g/mol. The van der Waals surface area contributed by atoms with Crippen molar-refractivity contribution in [3.8, 4) is 0 Å². The van der Waals surface area contributed by atoms with Gasteiger partial charge in [-0.05, 0) is 88.5 Å². The highest BCUT2D eigenvalue weighted by Crippen LogP contribution is 2.44. The predicted octanol–water partition coefficient (Wildman–Crippen LogP) is 7.17. The number of amides is 1. The monoisotopic (exact) mass is 525 g/mol. The van der Waals surface area contributed by atoms with Crippen LogP contribution in [0.5, 0.6) is 0 Å². The summed E-state index contributed by atoms with van der Waals surface area (Å²) in [6.07, 6.45) is 8.50. The fourth-order valence-electron chi connectivity index (χ4n) is 7.02. The normalized spacial score (nSPS) is 27.1. The van der Waals surface area contributed by atoms with Crippen molar-refractivity contribution < 1.29 is 9.21 Å². The van der Waals surface area contributed by atoms with E-state index < -0.39 is 0 Å². The number of benzene rings is 1. The molecule has 37 heavy (non-hydrogen) atoms. The van der Waals surface area contributed by atoms with E-state index in [-0.39, 0.29) is 17.5 Å². The number of anilines is 1. The van der Waals surface area contributed by atoms with Gasteiger partial charge < -0.3 is 14.2 Å². The average molecular weight is 526 g/mol. The van der Waals surface area contributed by atoms with Crippen LogP contribution >= 0.6 is 11.6 Å². The third-order valence-corrected chi connectivity index (χ3v) is 9.37. The van der Waals surface area contributed by atoms with Crippen molar-refractivity contribution >= 4 is 23.4 Å². The van der Waals surface area contributed by atoms with E-state index in [1.807, 2.05) is 18.2 Å². The highest BCUT2D eigenvalue weighted by molar-refractivity contribution is 6.30. The van der Waals surface area contributed by atoms with Gasteiger partial charge in [0, 0.05) is 48.3 Å². The van der Waals surface area contributed by atoms with Crippen LogP contribution in [0.25, 0.3) is 0 Å². The summed E-state index contributed by atoms with van der Waals surface area (Å²) in [6.45, 7) is 14.0. The largest absolute Gasteiger partial charge is 0.449 e. The molecule has 1 saturated carbocycles. The third-order valence-electron chi connectivity index (χ3n) is 9.12. The number of hydrogen-bond acceptors (Lipinski definition) is 4. The molecule has 5 nitrogen and oxygen atoms in total. The van der Waals surface area contributed by atoms with Crippen LogP contribution in [0.2, 0.25) is 5.02 Å². The van der Waals surface area contributed by atoms with Crippen LogP contribution in [0.1, 0.15) is 84.7 Å². The molecule has 0 bridgehead atoms. The van der Waals surface area contributed by atoms with Gasteiger partial charge >= 0.3 is 0 Å². The Balaban J connectivity index is 1.34. The SMILES string of the molecule is CC1(C)CCC(N(c2ccco2)[C@H]2CCN(C(=O)[C@H]3CCN(C(C)(C)C)C3c3ccc(Cl)cc3)C2)CC1. The summed E-state index contributed by atoms with van der Waals surface area (Å²) in [5.74, 6) is 1.23. The van der Waals surface area contributed by atoms with Gasteiger partial charge in [-0.15, -0.1) is 0 Å². The lowest BCUT2D eigenvalue weighted by atomic mass is 9.75. The van der Waals surface area contributed by atoms with E-state index in [9.17, 15) is 4.79 Å². The minimum atomic E-state index is -0.0355. The first kappa shape index (κ1) is 26.6. The van der Waals surface area contributed by atoms with E-state index in [0.717, 1.165) is 43.4 Å². The van der Waals surface area contributed by atoms with Crippen LogP contribution in [0.15, 0.2) is 47.1 Å². The van der Waals surface area contributed by atoms with Crippen LogP contribution in [-0.2, 0) is 4.79 Å². The van der Waals surface area contributed by atoms with Crippen LogP contribution in [0, 0.1) is 11.3 Å². The Hall–Kier alpha value is -1.98. The van der Waals surface area contributed by atoms with Crippen molar-refractivity contribution in [1.82, 2.24) is 9.80 Å². The first-order valence-electron chi connectivity index (χ1n) is 14.2. The van der Waals surface area contributed by atoms with E-state index in [0.29, 0.717) is 23.4 Å². The molecule has 0 N–H and O–H groups in total. The van der Waals surface area contributed by atoms with Crippen molar-refractivity contribution in [2.45, 2.75) is 96.8 Å². The summed E-state index contributed by atoms with van der Waals surface area (Å²) in [5, 5.41) is 0.735. The van der Waals surface area contributed by atoms with Crippen molar-refractivity contribution in [2.75, 3.05) is 24.5 Å². The summed E-state index contributed by atoms with van der Waals surface area (Å²) < 4.78 is 5.95. The zero-order valence-electron chi connectivity index (χ0n) is 23.3. The summed E-state index contributed by atoms with van der Waals surface area (Å²) in [7, 11) is 0. The lowest BCUT2D eigenvalue weighted by molar-refractivity contribution is -0.135. The van der Waals surface area contributed by atoms with E-state index >= 15 is 0 Å². The second kappa shape index (κ2) is 10.3. The Morgan fingerprint density at radius 1 is 1.00 bits per heavy atom. The van der Waals surface area contributed by atoms with Gasteiger partial charge in [0.15, 0.2) is 5.88 Å². The highest BCUT2D eigenvalue weighted by Gasteiger charge is 2.47. The van der Waals surface area contributed by atoms with Gasteiger partial charge in [-0.2, -0.15) is 0 Å². The van der Waals surface area contributed by atoms with Crippen molar-refractivity contribution in [3.63, 3.8) is 0 Å². The molecule has 1 aromatic carbocycles. The molecule has 0 radical (unpaired) electrons. The molecule has 2 aliphatic heterocycles. The Labute approximate surface area is 228 Å². The Bertz CT molecular complexity index is 1050. The Kier molecular flexibility index (Phi) is 7.41. The first-order valence-corrected chi connectivity index (χ1v) is 14.5. The van der Waals surface area contributed by atoms with E-state index in [1.54, 1.807) is 6.26 Å². The van der Waals surface area contributed by atoms with Crippen LogP contribution < -0.4 is 4.90 Å². The molecule has 3 heterocycles. The number of halogens is 1. The summed E-state index contributed by atoms with van der Waals surface area (Å²) in [4.78, 5) is 21.3. The minimum absolute atomic E-state index is 0.0161. The fourth-order valence-corrected chi connectivity index (χ4v) is 7.14. The number of carbonyl (C=O) groups is 1. The topological polar surface area (TPSA) is 39.9 Å². The van der Waals surface area contributed by atoms with Crippen LogP contribution in [-0.4, -0.2) is 53.0 Å². The van der Waals surface area contributed by atoms with Gasteiger partial charge in [0.2, 0.25) is 5.91 Å². The lowest BCUT2D eigenvalue weighted by Gasteiger charge is -2.42. The molecule has 202 valence electrons. The van der Waals surface area contributed by atoms with Gasteiger partial charge in [-0.1, -0.05) is 37.6 Å². The van der Waals surface area contributed by atoms with E-state index in [4.69, 9.17) is 16.0 Å². The predicted molar refractivity (Wildman–Crippen MR) is 151 cm³/mol. The summed E-state index contributed by atoms with van der Waals surface area (Å²) in [5.41, 5.74) is 1.59. The van der Waals surface area contributed by atoms with Gasteiger partial charge in [0.1, 0.15) is 0 Å². The maximum atomic E-state index is 14.1. The first-order chi connectivity index (χ1) is 17.5. The maximum Gasteiger partial charge on any atom is 0.227 e. The van der Waals surface area contributed by atoms with Crippen LogP contribution in [0.3, 0.4) is 0 Å². The number of furan rings is 1. The van der Waals surface area contributed by atoms with Gasteiger partial charge in [-0.3, -0.25) is 9.69 Å². The zero-order valence-corrected chi connectivity index (χ0v) is 24.0.